The zero-order chi connectivity index (χ0) is 11.6. The zero-order valence-electron chi connectivity index (χ0n) is 8.41. The van der Waals surface area contributed by atoms with E-state index in [1.807, 2.05) is 6.92 Å². The number of aryl methyl sites for hydroxylation is 2. The predicted molar refractivity (Wildman–Crippen MR) is 61.3 cm³/mol. The van der Waals surface area contributed by atoms with E-state index in [2.05, 4.69) is 0 Å². The number of aliphatic carboxylic acids is 1. The van der Waals surface area contributed by atoms with Crippen LogP contribution in [0, 0.1) is 17.4 Å². The lowest BCUT2D eigenvalue weighted by atomic mass is 10.1. The molecule has 0 saturated carbocycles. The Labute approximate surface area is 94.5 Å². The van der Waals surface area contributed by atoms with Crippen LogP contribution in [0.25, 0.3) is 0 Å². The molecule has 0 aliphatic heterocycles. The molecule has 1 rings (SSSR count). The molecule has 15 heavy (non-hydrogen) atoms. The lowest BCUT2D eigenvalue weighted by Crippen LogP contribution is -2.04. The Bertz CT molecular complexity index is 467. The van der Waals surface area contributed by atoms with Crippen LogP contribution in [0.15, 0.2) is 12.1 Å². The van der Waals surface area contributed by atoms with Crippen LogP contribution < -0.4 is 0 Å². The molecule has 0 unspecified atom stereocenters. The van der Waals surface area contributed by atoms with Crippen LogP contribution >= 0.6 is 19.8 Å². The molecule has 0 heterocycles. The second-order valence-corrected chi connectivity index (χ2v) is 5.66. The maximum absolute atomic E-state index is 11.1. The van der Waals surface area contributed by atoms with Gasteiger partial charge in [0.15, 0.2) is 0 Å². The first-order valence-corrected chi connectivity index (χ1v) is 7.13. The van der Waals surface area contributed by atoms with Crippen molar-refractivity contribution >= 4 is 25.8 Å². The third-order valence-corrected chi connectivity index (χ3v) is 4.39. The minimum atomic E-state index is -3.62. The maximum atomic E-state index is 11.1. The molecule has 0 amide bonds. The summed E-state index contributed by atoms with van der Waals surface area (Å²) in [6, 6.07) is 3.37. The minimum absolute atomic E-state index is 0.229. The number of halogens is 1. The van der Waals surface area contributed by atoms with Crippen molar-refractivity contribution in [2.75, 3.05) is 0 Å². The molecule has 0 bridgehead atoms. The highest BCUT2D eigenvalue weighted by molar-refractivity contribution is 14.2. The highest BCUT2D eigenvalue weighted by Crippen LogP contribution is 2.27. The van der Waals surface area contributed by atoms with Gasteiger partial charge in [-0.2, -0.15) is 0 Å². The fourth-order valence-corrected chi connectivity index (χ4v) is 3.31. The van der Waals surface area contributed by atoms with Crippen molar-refractivity contribution in [3.63, 3.8) is 0 Å². The minimum Gasteiger partial charge on any atom is -0.481 e. The Balaban J connectivity index is 3.39. The molecule has 1 aromatic carbocycles. The molecular weight excluding hydrogens is 311 g/mol. The van der Waals surface area contributed by atoms with Crippen molar-refractivity contribution in [3.05, 3.63) is 32.4 Å². The van der Waals surface area contributed by atoms with E-state index < -0.39 is 25.8 Å². The summed E-state index contributed by atoms with van der Waals surface area (Å²) in [5.74, 6) is -1.01. The largest absolute Gasteiger partial charge is 0.481 e. The van der Waals surface area contributed by atoms with E-state index in [1.54, 1.807) is 19.1 Å². The molecule has 0 aliphatic carbocycles. The van der Waals surface area contributed by atoms with Gasteiger partial charge in [-0.05, 0) is 25.0 Å². The quantitative estimate of drug-likeness (QED) is 0.867. The summed E-state index contributed by atoms with van der Waals surface area (Å²) in [7, 11) is 0. The van der Waals surface area contributed by atoms with Crippen LogP contribution in [0.2, 0.25) is 0 Å². The lowest BCUT2D eigenvalue weighted by molar-refractivity contribution is -0.136. The number of hydrogen-bond acceptors (Lipinski definition) is 3. The predicted octanol–water partition coefficient (Wildman–Crippen LogP) is 2.30. The lowest BCUT2D eigenvalue weighted by Gasteiger charge is -2.06. The summed E-state index contributed by atoms with van der Waals surface area (Å²) in [6.07, 6.45) is -0.240. The summed E-state index contributed by atoms with van der Waals surface area (Å²) < 4.78 is 22.4. The van der Waals surface area contributed by atoms with Crippen molar-refractivity contribution in [1.82, 2.24) is 0 Å². The molecule has 1 aromatic rings. The summed E-state index contributed by atoms with van der Waals surface area (Å²) >= 11 is -3.62. The van der Waals surface area contributed by atoms with Gasteiger partial charge < -0.3 is 5.11 Å². The topological polar surface area (TPSA) is 71.4 Å². The van der Waals surface area contributed by atoms with Crippen molar-refractivity contribution in [2.45, 2.75) is 20.3 Å². The van der Waals surface area contributed by atoms with Crippen molar-refractivity contribution in [2.24, 2.45) is 0 Å². The molecular formula is C10H11IO4. The van der Waals surface area contributed by atoms with Crippen LogP contribution in [0.4, 0.5) is 0 Å². The van der Waals surface area contributed by atoms with Crippen LogP contribution in [0.3, 0.4) is 0 Å². The molecule has 0 aliphatic rings. The van der Waals surface area contributed by atoms with Crippen LogP contribution in [0.1, 0.15) is 16.7 Å². The Kier molecular flexibility index (Phi) is 3.78. The van der Waals surface area contributed by atoms with E-state index in [0.29, 0.717) is 11.1 Å². The number of rotatable bonds is 3. The standard InChI is InChI=1S/C10H11IO4/c1-6-3-7(2)10(11(14)15)8(4-6)5-9(12)13/h3-4H,5H2,1-2H3,(H,12,13). The Morgan fingerprint density at radius 3 is 2.40 bits per heavy atom. The molecule has 0 atom stereocenters. The monoisotopic (exact) mass is 322 g/mol. The summed E-state index contributed by atoms with van der Waals surface area (Å²) in [4.78, 5) is 10.6. The van der Waals surface area contributed by atoms with Gasteiger partial charge >= 0.3 is 25.8 Å². The van der Waals surface area contributed by atoms with E-state index in [0.717, 1.165) is 5.56 Å². The van der Waals surface area contributed by atoms with Gasteiger partial charge in [0.2, 0.25) is 0 Å². The van der Waals surface area contributed by atoms with Crippen molar-refractivity contribution in [1.29, 1.82) is 0 Å². The van der Waals surface area contributed by atoms with Crippen LogP contribution in [-0.4, -0.2) is 11.1 Å². The van der Waals surface area contributed by atoms with Crippen molar-refractivity contribution < 1.29 is 16.0 Å². The maximum Gasteiger partial charge on any atom is 0.341 e. The smallest absolute Gasteiger partial charge is 0.341 e. The SMILES string of the molecule is Cc1cc(C)c(I(=O)=O)c(CC(=O)O)c1. The molecule has 0 radical (unpaired) electrons. The van der Waals surface area contributed by atoms with Crippen molar-refractivity contribution in [3.8, 4) is 0 Å². The first kappa shape index (κ1) is 12.1. The summed E-state index contributed by atoms with van der Waals surface area (Å²) in [5, 5.41) is 8.67. The van der Waals surface area contributed by atoms with Gasteiger partial charge in [-0.15, -0.1) is 0 Å². The first-order chi connectivity index (χ1) is 6.91. The molecule has 0 saturated heterocycles. The second-order valence-electron chi connectivity index (χ2n) is 3.34. The molecule has 5 heteroatoms. The molecule has 0 fully saturated rings. The van der Waals surface area contributed by atoms with Gasteiger partial charge in [0, 0.05) is 0 Å². The van der Waals surface area contributed by atoms with E-state index in [4.69, 9.17) is 5.11 Å². The average molecular weight is 322 g/mol. The van der Waals surface area contributed by atoms with Gasteiger partial charge in [0.05, 0.1) is 9.99 Å². The highest BCUT2D eigenvalue weighted by atomic mass is 127. The summed E-state index contributed by atoms with van der Waals surface area (Å²) in [5.41, 5.74) is 1.92. The zero-order valence-corrected chi connectivity index (χ0v) is 10.6. The molecule has 82 valence electrons. The summed E-state index contributed by atoms with van der Waals surface area (Å²) in [6.45, 7) is 3.50. The number of benzene rings is 1. The number of carbonyl (C=O) groups is 1. The molecule has 1 N–H and O–H groups in total. The average Bonchev–Trinajstić information content (AvgIpc) is 1.99. The van der Waals surface area contributed by atoms with Gasteiger partial charge in [-0.1, -0.05) is 17.7 Å². The van der Waals surface area contributed by atoms with E-state index in [1.165, 1.54) is 0 Å². The fourth-order valence-electron chi connectivity index (χ4n) is 1.55. The third-order valence-electron chi connectivity index (χ3n) is 1.97. The Morgan fingerprint density at radius 2 is 1.93 bits per heavy atom. The molecule has 0 spiro atoms. The fraction of sp³-hybridized carbons (Fsp3) is 0.300. The first-order valence-electron chi connectivity index (χ1n) is 4.29. The molecule has 4 nitrogen and oxygen atoms in total. The van der Waals surface area contributed by atoms with Crippen LogP contribution in [-0.2, 0) is 17.4 Å². The van der Waals surface area contributed by atoms with Gasteiger partial charge in [0.25, 0.3) is 0 Å². The van der Waals surface area contributed by atoms with E-state index >= 15 is 0 Å². The Hall–Kier alpha value is -0.980. The van der Waals surface area contributed by atoms with Crippen LogP contribution in [0.5, 0.6) is 0 Å². The molecule has 0 aromatic heterocycles. The van der Waals surface area contributed by atoms with Gasteiger partial charge in [-0.3, -0.25) is 4.79 Å². The van der Waals surface area contributed by atoms with Gasteiger partial charge in [0.1, 0.15) is 0 Å². The number of carboxylic acids is 1. The third kappa shape index (κ3) is 2.98. The highest BCUT2D eigenvalue weighted by Gasteiger charge is 2.14. The van der Waals surface area contributed by atoms with E-state index in [9.17, 15) is 10.9 Å². The number of carboxylic acid groups (broad SMARTS) is 1. The van der Waals surface area contributed by atoms with Gasteiger partial charge in [-0.25, -0.2) is 6.14 Å². The van der Waals surface area contributed by atoms with E-state index in [-0.39, 0.29) is 9.99 Å². The normalized spacial score (nSPS) is 10.6. The second kappa shape index (κ2) is 4.69. The number of hydrogen-bond donors (Lipinski definition) is 1. The Morgan fingerprint density at radius 1 is 1.33 bits per heavy atom.